The van der Waals surface area contributed by atoms with Gasteiger partial charge in [-0.15, -0.1) is 0 Å². The van der Waals surface area contributed by atoms with E-state index in [0.717, 1.165) is 6.42 Å². The SMILES string of the molecule is NC1CC1c1cc(Br)cc(F)c1O. The zero-order valence-corrected chi connectivity index (χ0v) is 8.38. The highest BCUT2D eigenvalue weighted by Crippen LogP contribution is 2.44. The molecule has 0 heterocycles. The number of rotatable bonds is 1. The molecule has 0 spiro atoms. The molecule has 0 amide bonds. The van der Waals surface area contributed by atoms with E-state index in [4.69, 9.17) is 5.73 Å². The van der Waals surface area contributed by atoms with Gasteiger partial charge in [-0.2, -0.15) is 0 Å². The van der Waals surface area contributed by atoms with Gasteiger partial charge in [0.05, 0.1) is 0 Å². The molecule has 2 atom stereocenters. The van der Waals surface area contributed by atoms with Gasteiger partial charge in [-0.25, -0.2) is 4.39 Å². The largest absolute Gasteiger partial charge is 0.505 e. The van der Waals surface area contributed by atoms with E-state index in [9.17, 15) is 9.50 Å². The monoisotopic (exact) mass is 245 g/mol. The lowest BCUT2D eigenvalue weighted by molar-refractivity contribution is 0.425. The van der Waals surface area contributed by atoms with Crippen molar-refractivity contribution in [3.63, 3.8) is 0 Å². The van der Waals surface area contributed by atoms with Crippen molar-refractivity contribution in [2.75, 3.05) is 0 Å². The molecule has 4 heteroatoms. The van der Waals surface area contributed by atoms with Gasteiger partial charge in [0.1, 0.15) is 0 Å². The van der Waals surface area contributed by atoms with Crippen LogP contribution in [0.25, 0.3) is 0 Å². The van der Waals surface area contributed by atoms with Crippen molar-refractivity contribution in [2.24, 2.45) is 5.73 Å². The van der Waals surface area contributed by atoms with Crippen LogP contribution in [0, 0.1) is 5.82 Å². The lowest BCUT2D eigenvalue weighted by Gasteiger charge is -2.04. The zero-order valence-electron chi connectivity index (χ0n) is 6.80. The first-order valence-electron chi connectivity index (χ1n) is 4.03. The minimum absolute atomic E-state index is 0.0691. The second kappa shape index (κ2) is 2.96. The topological polar surface area (TPSA) is 46.2 Å². The van der Waals surface area contributed by atoms with Crippen LogP contribution in [0.2, 0.25) is 0 Å². The molecule has 0 saturated heterocycles. The number of aromatic hydroxyl groups is 1. The van der Waals surface area contributed by atoms with Crippen LogP contribution >= 0.6 is 15.9 Å². The number of halogens is 2. The Labute approximate surface area is 83.7 Å². The fourth-order valence-electron chi connectivity index (χ4n) is 1.44. The van der Waals surface area contributed by atoms with Gasteiger partial charge in [0.15, 0.2) is 11.6 Å². The summed E-state index contributed by atoms with van der Waals surface area (Å²) in [6.45, 7) is 0. The van der Waals surface area contributed by atoms with Crippen LogP contribution in [0.3, 0.4) is 0 Å². The van der Waals surface area contributed by atoms with Crippen LogP contribution < -0.4 is 5.73 Å². The van der Waals surface area contributed by atoms with E-state index in [1.165, 1.54) is 6.07 Å². The third kappa shape index (κ3) is 1.56. The Morgan fingerprint density at radius 2 is 2.15 bits per heavy atom. The van der Waals surface area contributed by atoms with Crippen molar-refractivity contribution < 1.29 is 9.50 Å². The number of phenols is 1. The zero-order chi connectivity index (χ0) is 9.59. The van der Waals surface area contributed by atoms with Gasteiger partial charge in [-0.1, -0.05) is 15.9 Å². The normalized spacial score (nSPS) is 26.1. The van der Waals surface area contributed by atoms with Crippen LogP contribution in [0.4, 0.5) is 4.39 Å². The molecule has 1 saturated carbocycles. The average molecular weight is 246 g/mol. The molecule has 3 N–H and O–H groups in total. The van der Waals surface area contributed by atoms with Gasteiger partial charge in [-0.05, 0) is 18.6 Å². The maximum absolute atomic E-state index is 13.0. The highest BCUT2D eigenvalue weighted by atomic mass is 79.9. The minimum Gasteiger partial charge on any atom is -0.505 e. The Hall–Kier alpha value is -0.610. The molecular weight excluding hydrogens is 237 g/mol. The van der Waals surface area contributed by atoms with Crippen LogP contribution in [0.5, 0.6) is 5.75 Å². The maximum atomic E-state index is 13.0. The Morgan fingerprint density at radius 3 is 2.69 bits per heavy atom. The number of benzene rings is 1. The van der Waals surface area contributed by atoms with Gasteiger partial charge in [0.2, 0.25) is 0 Å². The molecule has 0 aliphatic heterocycles. The molecule has 0 radical (unpaired) electrons. The van der Waals surface area contributed by atoms with E-state index in [2.05, 4.69) is 15.9 Å². The molecule has 13 heavy (non-hydrogen) atoms. The summed E-state index contributed by atoms with van der Waals surface area (Å²) in [4.78, 5) is 0. The second-order valence-electron chi connectivity index (χ2n) is 3.33. The van der Waals surface area contributed by atoms with E-state index in [0.29, 0.717) is 10.0 Å². The predicted octanol–water partition coefficient (Wildman–Crippen LogP) is 2.11. The van der Waals surface area contributed by atoms with Crippen LogP contribution in [-0.4, -0.2) is 11.1 Å². The average Bonchev–Trinajstić information content (AvgIpc) is 2.75. The van der Waals surface area contributed by atoms with Crippen molar-refractivity contribution in [3.05, 3.63) is 28.0 Å². The quantitative estimate of drug-likeness (QED) is 0.797. The van der Waals surface area contributed by atoms with Gasteiger partial charge in [0.25, 0.3) is 0 Å². The molecule has 2 nitrogen and oxygen atoms in total. The summed E-state index contributed by atoms with van der Waals surface area (Å²) in [5, 5.41) is 9.40. The highest BCUT2D eigenvalue weighted by Gasteiger charge is 2.37. The summed E-state index contributed by atoms with van der Waals surface area (Å²) in [5.41, 5.74) is 6.23. The molecule has 0 aromatic heterocycles. The molecule has 1 fully saturated rings. The van der Waals surface area contributed by atoms with Crippen LogP contribution in [0.15, 0.2) is 16.6 Å². The number of hydrogen-bond acceptors (Lipinski definition) is 2. The van der Waals surface area contributed by atoms with Gasteiger partial charge in [-0.3, -0.25) is 0 Å². The van der Waals surface area contributed by atoms with Crippen LogP contribution in [0.1, 0.15) is 17.9 Å². The Balaban J connectivity index is 2.44. The van der Waals surface area contributed by atoms with Crippen molar-refractivity contribution >= 4 is 15.9 Å². The molecule has 1 aromatic rings. The fourth-order valence-corrected chi connectivity index (χ4v) is 1.89. The fraction of sp³-hybridized carbons (Fsp3) is 0.333. The molecule has 0 bridgehead atoms. The van der Waals surface area contributed by atoms with E-state index >= 15 is 0 Å². The Kier molecular flexibility index (Phi) is 2.04. The van der Waals surface area contributed by atoms with Crippen molar-refractivity contribution in [1.82, 2.24) is 0 Å². The number of hydrogen-bond donors (Lipinski definition) is 2. The Morgan fingerprint density at radius 1 is 1.54 bits per heavy atom. The number of nitrogens with two attached hydrogens (primary N) is 1. The first-order valence-corrected chi connectivity index (χ1v) is 4.82. The van der Waals surface area contributed by atoms with Gasteiger partial charge >= 0.3 is 0 Å². The molecule has 2 rings (SSSR count). The minimum atomic E-state index is -0.594. The summed E-state index contributed by atoms with van der Waals surface area (Å²) >= 11 is 3.17. The van der Waals surface area contributed by atoms with Crippen molar-refractivity contribution in [2.45, 2.75) is 18.4 Å². The maximum Gasteiger partial charge on any atom is 0.166 e. The van der Waals surface area contributed by atoms with E-state index in [1.807, 2.05) is 0 Å². The van der Waals surface area contributed by atoms with Crippen LogP contribution in [-0.2, 0) is 0 Å². The van der Waals surface area contributed by atoms with Gasteiger partial charge in [0, 0.05) is 22.0 Å². The predicted molar refractivity (Wildman–Crippen MR) is 51.1 cm³/mol. The highest BCUT2D eigenvalue weighted by molar-refractivity contribution is 9.10. The summed E-state index contributed by atoms with van der Waals surface area (Å²) in [6.07, 6.45) is 0.823. The van der Waals surface area contributed by atoms with Gasteiger partial charge < -0.3 is 10.8 Å². The lowest BCUT2D eigenvalue weighted by atomic mass is 10.1. The van der Waals surface area contributed by atoms with E-state index < -0.39 is 5.82 Å². The van der Waals surface area contributed by atoms with E-state index in [-0.39, 0.29) is 17.7 Å². The molecule has 1 aliphatic rings. The third-order valence-electron chi connectivity index (χ3n) is 2.30. The van der Waals surface area contributed by atoms with E-state index in [1.54, 1.807) is 6.07 Å². The number of phenolic OH excluding ortho intramolecular Hbond substituents is 1. The Bertz CT molecular complexity index is 356. The standard InChI is InChI=1S/C9H9BrFNO/c10-4-1-6(5-3-8(5)12)9(13)7(11)2-4/h1-2,5,8,13H,3,12H2. The first kappa shape index (κ1) is 8.97. The second-order valence-corrected chi connectivity index (χ2v) is 4.25. The molecule has 70 valence electrons. The molecule has 2 unspecified atom stereocenters. The molecule has 1 aromatic carbocycles. The molecule has 1 aliphatic carbocycles. The smallest absolute Gasteiger partial charge is 0.166 e. The lowest BCUT2D eigenvalue weighted by Crippen LogP contribution is -2.01. The molecular formula is C9H9BrFNO. The van der Waals surface area contributed by atoms with Crippen molar-refractivity contribution in [1.29, 1.82) is 0 Å². The summed E-state index contributed by atoms with van der Waals surface area (Å²) in [7, 11) is 0. The summed E-state index contributed by atoms with van der Waals surface area (Å²) in [5.74, 6) is -0.739. The summed E-state index contributed by atoms with van der Waals surface area (Å²) < 4.78 is 13.7. The third-order valence-corrected chi connectivity index (χ3v) is 2.75. The first-order chi connectivity index (χ1) is 6.09. The van der Waals surface area contributed by atoms with Crippen molar-refractivity contribution in [3.8, 4) is 5.75 Å². The summed E-state index contributed by atoms with van der Waals surface area (Å²) in [6, 6.07) is 3.03.